The van der Waals surface area contributed by atoms with E-state index in [2.05, 4.69) is 20.7 Å². The highest BCUT2D eigenvalue weighted by Crippen LogP contribution is 2.37. The molecule has 1 aromatic carbocycles. The van der Waals surface area contributed by atoms with E-state index < -0.39 is 85.3 Å². The van der Waals surface area contributed by atoms with Crippen LogP contribution < -0.4 is 0 Å². The first-order valence-electron chi connectivity index (χ1n) is 12.9. The zero-order chi connectivity index (χ0) is 32.3. The summed E-state index contributed by atoms with van der Waals surface area (Å²) in [5.41, 5.74) is -2.06. The molecule has 0 N–H and O–H groups in total. The minimum Gasteiger partial charge on any atom is -0.465 e. The second-order valence-electron chi connectivity index (χ2n) is 10.5. The average molecular weight is 669 g/mol. The molecule has 236 valence electrons. The Kier molecular flexibility index (Phi) is 14.0. The van der Waals surface area contributed by atoms with Crippen LogP contribution in [0.5, 0.6) is 0 Å². The molecular formula is C28H36BrF3O10. The van der Waals surface area contributed by atoms with E-state index in [1.807, 2.05) is 30.3 Å². The zero-order valence-corrected chi connectivity index (χ0v) is 25.8. The van der Waals surface area contributed by atoms with Gasteiger partial charge in [0.1, 0.15) is 18.6 Å². The summed E-state index contributed by atoms with van der Waals surface area (Å²) in [5.74, 6) is -4.84. The molecule has 0 aliphatic rings. The first-order chi connectivity index (χ1) is 19.3. The molecule has 14 heteroatoms. The first-order valence-corrected chi connectivity index (χ1v) is 13.8. The van der Waals surface area contributed by atoms with Crippen LogP contribution in [-0.2, 0) is 47.7 Å². The fourth-order valence-electron chi connectivity index (χ4n) is 3.29. The third-order valence-corrected chi connectivity index (χ3v) is 6.72. The summed E-state index contributed by atoms with van der Waals surface area (Å²) < 4.78 is 62.6. The average Bonchev–Trinajstić information content (AvgIpc) is 2.89. The molecule has 0 bridgehead atoms. The molecule has 0 saturated heterocycles. The van der Waals surface area contributed by atoms with Gasteiger partial charge in [0, 0.05) is 11.8 Å². The van der Waals surface area contributed by atoms with Crippen molar-refractivity contribution in [3.63, 3.8) is 0 Å². The van der Waals surface area contributed by atoms with Crippen molar-refractivity contribution in [1.29, 1.82) is 0 Å². The van der Waals surface area contributed by atoms with Gasteiger partial charge in [-0.15, -0.1) is 0 Å². The van der Waals surface area contributed by atoms with Gasteiger partial charge in [-0.3, -0.25) is 14.4 Å². The minimum atomic E-state index is -4.59. The number of carbonyl (C=O) groups excluding carboxylic acids is 5. The molecule has 0 fully saturated rings. The predicted molar refractivity (Wildman–Crippen MR) is 145 cm³/mol. The molecule has 0 heterocycles. The quantitative estimate of drug-likeness (QED) is 0.143. The van der Waals surface area contributed by atoms with Crippen molar-refractivity contribution in [2.75, 3.05) is 19.8 Å². The van der Waals surface area contributed by atoms with Crippen molar-refractivity contribution in [3.05, 3.63) is 35.9 Å². The van der Waals surface area contributed by atoms with Crippen molar-refractivity contribution in [1.82, 2.24) is 0 Å². The fraction of sp³-hybridized carbons (Fsp3) is 0.607. The van der Waals surface area contributed by atoms with Gasteiger partial charge in [0.05, 0.1) is 18.4 Å². The van der Waals surface area contributed by atoms with Crippen molar-refractivity contribution < 1.29 is 60.8 Å². The molecule has 0 radical (unpaired) electrons. The van der Waals surface area contributed by atoms with Crippen LogP contribution in [0.2, 0.25) is 0 Å². The molecule has 42 heavy (non-hydrogen) atoms. The Balaban J connectivity index is 2.94. The van der Waals surface area contributed by atoms with Crippen LogP contribution in [0.25, 0.3) is 0 Å². The van der Waals surface area contributed by atoms with Gasteiger partial charge in [-0.25, -0.2) is 9.59 Å². The Morgan fingerprint density at radius 1 is 0.810 bits per heavy atom. The Bertz CT molecular complexity index is 1090. The lowest BCUT2D eigenvalue weighted by atomic mass is 9.86. The van der Waals surface area contributed by atoms with E-state index in [9.17, 15) is 37.1 Å². The monoisotopic (exact) mass is 668 g/mol. The lowest BCUT2D eigenvalue weighted by Gasteiger charge is -2.30. The summed E-state index contributed by atoms with van der Waals surface area (Å²) in [6.45, 7) is 5.42. The van der Waals surface area contributed by atoms with Gasteiger partial charge in [-0.2, -0.15) is 13.2 Å². The largest absolute Gasteiger partial charge is 0.465 e. The van der Waals surface area contributed by atoms with E-state index in [-0.39, 0.29) is 4.83 Å². The summed E-state index contributed by atoms with van der Waals surface area (Å²) in [4.78, 5) is 61.1. The van der Waals surface area contributed by atoms with Crippen molar-refractivity contribution in [3.8, 4) is 0 Å². The van der Waals surface area contributed by atoms with E-state index in [0.717, 1.165) is 19.4 Å². The predicted octanol–water partition coefficient (Wildman–Crippen LogP) is 5.01. The number of hydrogen-bond acceptors (Lipinski definition) is 10. The van der Waals surface area contributed by atoms with Gasteiger partial charge in [-0.1, -0.05) is 46.3 Å². The summed E-state index contributed by atoms with van der Waals surface area (Å²) in [6, 6.07) is 9.28. The van der Waals surface area contributed by atoms with Crippen LogP contribution in [-0.4, -0.2) is 68.1 Å². The Labute approximate surface area is 250 Å². The van der Waals surface area contributed by atoms with Gasteiger partial charge < -0.3 is 23.7 Å². The van der Waals surface area contributed by atoms with Crippen molar-refractivity contribution in [2.45, 2.75) is 77.6 Å². The highest BCUT2D eigenvalue weighted by Gasteiger charge is 2.42. The molecule has 1 rings (SSSR count). The third kappa shape index (κ3) is 12.8. The lowest BCUT2D eigenvalue weighted by Crippen LogP contribution is -2.43. The second kappa shape index (κ2) is 15.9. The number of esters is 5. The topological polar surface area (TPSA) is 132 Å². The molecule has 0 aliphatic carbocycles. The Hall–Kier alpha value is -3.16. The Morgan fingerprint density at radius 3 is 1.90 bits per heavy atom. The summed E-state index contributed by atoms with van der Waals surface area (Å²) >= 11 is 3.55. The summed E-state index contributed by atoms with van der Waals surface area (Å²) in [6.07, 6.45) is -8.52. The minimum absolute atomic E-state index is 0.214. The molecule has 0 saturated carbocycles. The number of ether oxygens (including phenoxy) is 5. The van der Waals surface area contributed by atoms with Crippen LogP contribution in [0.3, 0.4) is 0 Å². The Morgan fingerprint density at radius 2 is 1.36 bits per heavy atom. The zero-order valence-electron chi connectivity index (χ0n) is 24.2. The van der Waals surface area contributed by atoms with E-state index in [1.165, 1.54) is 13.8 Å². The maximum atomic E-state index is 13.0. The maximum Gasteiger partial charge on any atom is 0.392 e. The van der Waals surface area contributed by atoms with E-state index >= 15 is 0 Å². The number of hydrogen-bond donors (Lipinski definition) is 0. The number of halogens is 4. The maximum absolute atomic E-state index is 13.0. The van der Waals surface area contributed by atoms with Crippen molar-refractivity contribution in [2.24, 2.45) is 10.8 Å². The van der Waals surface area contributed by atoms with Gasteiger partial charge >= 0.3 is 36.0 Å². The first kappa shape index (κ1) is 36.9. The normalized spacial score (nSPS) is 15.3. The molecule has 0 amide bonds. The SMILES string of the molecule is CC(=O)OC(C)C(=O)OC(C)C(=O)OCC(C)(COC(=O)C(C)(C)CC(Br)c1ccccc1)C(=O)OCCC(F)(F)F. The molecule has 10 nitrogen and oxygen atoms in total. The number of alkyl halides is 4. The van der Waals surface area contributed by atoms with Crippen LogP contribution in [0.4, 0.5) is 13.2 Å². The second-order valence-corrected chi connectivity index (χ2v) is 11.6. The molecule has 0 aliphatic heterocycles. The van der Waals surface area contributed by atoms with Crippen molar-refractivity contribution >= 4 is 45.8 Å². The van der Waals surface area contributed by atoms with Crippen LogP contribution in [0, 0.1) is 10.8 Å². The third-order valence-electron chi connectivity index (χ3n) is 5.87. The molecular weight excluding hydrogens is 633 g/mol. The molecule has 0 spiro atoms. The van der Waals surface area contributed by atoms with Crippen LogP contribution >= 0.6 is 15.9 Å². The molecule has 1 aromatic rings. The smallest absolute Gasteiger partial charge is 0.392 e. The highest BCUT2D eigenvalue weighted by molar-refractivity contribution is 9.09. The van der Waals surface area contributed by atoms with Crippen LogP contribution in [0.1, 0.15) is 64.8 Å². The lowest BCUT2D eigenvalue weighted by molar-refractivity contribution is -0.183. The van der Waals surface area contributed by atoms with E-state index in [0.29, 0.717) is 6.42 Å². The molecule has 4 atom stereocenters. The molecule has 0 aromatic heterocycles. The number of rotatable bonds is 15. The highest BCUT2D eigenvalue weighted by atomic mass is 79.9. The van der Waals surface area contributed by atoms with Gasteiger partial charge in [-0.05, 0) is 46.6 Å². The van der Waals surface area contributed by atoms with E-state index in [1.54, 1.807) is 13.8 Å². The number of benzene rings is 1. The van der Waals surface area contributed by atoms with Gasteiger partial charge in [0.2, 0.25) is 0 Å². The summed E-state index contributed by atoms with van der Waals surface area (Å²) in [7, 11) is 0. The van der Waals surface area contributed by atoms with Gasteiger partial charge in [0.25, 0.3) is 0 Å². The summed E-state index contributed by atoms with van der Waals surface area (Å²) in [5, 5.41) is 0. The number of carbonyl (C=O) groups is 5. The standard InChI is InChI=1S/C28H36BrF3O10/c1-17(42-23(35)18(2)41-19(3)33)22(34)39-15-27(6,25(37)38-13-12-28(30,31)32)16-40-24(36)26(4,5)14-21(29)20-10-8-7-9-11-20/h7-11,17-18,21H,12-16H2,1-6H3. The fourth-order valence-corrected chi connectivity index (χ4v) is 4.40. The molecule has 4 unspecified atom stereocenters. The van der Waals surface area contributed by atoms with Gasteiger partial charge in [0.15, 0.2) is 12.2 Å². The van der Waals surface area contributed by atoms with E-state index in [4.69, 9.17) is 18.9 Å². The van der Waals surface area contributed by atoms with Crippen LogP contribution in [0.15, 0.2) is 30.3 Å².